The van der Waals surface area contributed by atoms with Crippen molar-refractivity contribution < 1.29 is 0 Å². The van der Waals surface area contributed by atoms with Crippen LogP contribution in [0.4, 0.5) is 0 Å². The minimum absolute atomic E-state index is 0.269. The first kappa shape index (κ1) is 9.54. The molecule has 1 aromatic rings. The molecule has 1 heterocycles. The van der Waals surface area contributed by atoms with Crippen molar-refractivity contribution in [3.63, 3.8) is 0 Å². The molecule has 0 bridgehead atoms. The molecule has 3 N–H and O–H groups in total. The molecule has 0 aliphatic rings. The summed E-state index contributed by atoms with van der Waals surface area (Å²) in [7, 11) is 0. The minimum atomic E-state index is 0.269. The van der Waals surface area contributed by atoms with Crippen LogP contribution in [0.5, 0.6) is 0 Å². The van der Waals surface area contributed by atoms with Gasteiger partial charge in [0.2, 0.25) is 0 Å². The maximum absolute atomic E-state index is 5.82. The van der Waals surface area contributed by atoms with E-state index in [9.17, 15) is 0 Å². The van der Waals surface area contributed by atoms with Gasteiger partial charge >= 0.3 is 0 Å². The van der Waals surface area contributed by atoms with Gasteiger partial charge in [-0.1, -0.05) is 25.1 Å². The number of nitrogens with two attached hydrogens (primary N) is 1. The van der Waals surface area contributed by atoms with Crippen molar-refractivity contribution in [2.75, 3.05) is 5.75 Å². The fraction of sp³-hybridized carbons (Fsp3) is 0.714. The maximum atomic E-state index is 5.82. The largest absolute Gasteiger partial charge is 0.327 e. The molecular weight excluding hydrogens is 172 g/mol. The van der Waals surface area contributed by atoms with Gasteiger partial charge < -0.3 is 5.73 Å². The van der Waals surface area contributed by atoms with E-state index in [4.69, 9.17) is 5.73 Å². The van der Waals surface area contributed by atoms with Gasteiger partial charge in [0.1, 0.15) is 6.33 Å². The van der Waals surface area contributed by atoms with Gasteiger partial charge in [0.15, 0.2) is 5.16 Å². The second kappa shape index (κ2) is 5.16. The number of thioether (sulfide) groups is 1. The van der Waals surface area contributed by atoms with E-state index in [1.807, 2.05) is 0 Å². The highest BCUT2D eigenvalue weighted by molar-refractivity contribution is 7.99. The zero-order chi connectivity index (χ0) is 8.81. The Kier molecular flexibility index (Phi) is 4.10. The number of aromatic amines is 1. The van der Waals surface area contributed by atoms with Crippen LogP contribution in [0.15, 0.2) is 11.5 Å². The van der Waals surface area contributed by atoms with Crippen molar-refractivity contribution in [2.45, 2.75) is 31.0 Å². The molecule has 0 saturated heterocycles. The van der Waals surface area contributed by atoms with Crippen LogP contribution in [0.3, 0.4) is 0 Å². The quantitative estimate of drug-likeness (QED) is 0.674. The van der Waals surface area contributed by atoms with Crippen LogP contribution < -0.4 is 5.73 Å². The van der Waals surface area contributed by atoms with Crippen LogP contribution in [0.2, 0.25) is 0 Å². The zero-order valence-electron chi connectivity index (χ0n) is 7.16. The number of hydrogen-bond acceptors (Lipinski definition) is 4. The normalized spacial score (nSPS) is 13.2. The summed E-state index contributed by atoms with van der Waals surface area (Å²) < 4.78 is 0. The van der Waals surface area contributed by atoms with E-state index >= 15 is 0 Å². The first-order valence-electron chi connectivity index (χ1n) is 4.06. The molecule has 0 radical (unpaired) electrons. The molecule has 68 valence electrons. The molecule has 1 atom stereocenters. The Bertz CT molecular complexity index is 199. The van der Waals surface area contributed by atoms with Crippen molar-refractivity contribution in [1.82, 2.24) is 15.2 Å². The highest BCUT2D eigenvalue weighted by atomic mass is 32.2. The molecule has 0 aliphatic heterocycles. The fourth-order valence-corrected chi connectivity index (χ4v) is 1.68. The second-order valence-corrected chi connectivity index (χ2v) is 3.66. The van der Waals surface area contributed by atoms with Crippen LogP contribution in [0.1, 0.15) is 19.8 Å². The third kappa shape index (κ3) is 3.23. The molecule has 4 nitrogen and oxygen atoms in total. The summed E-state index contributed by atoms with van der Waals surface area (Å²) in [6.45, 7) is 2.14. The lowest BCUT2D eigenvalue weighted by molar-refractivity contribution is 0.660. The van der Waals surface area contributed by atoms with Gasteiger partial charge in [0, 0.05) is 11.8 Å². The van der Waals surface area contributed by atoms with Gasteiger partial charge in [0.25, 0.3) is 0 Å². The Morgan fingerprint density at radius 3 is 3.17 bits per heavy atom. The van der Waals surface area contributed by atoms with Crippen molar-refractivity contribution in [3.05, 3.63) is 6.33 Å². The Morgan fingerprint density at radius 1 is 1.75 bits per heavy atom. The van der Waals surface area contributed by atoms with E-state index in [-0.39, 0.29) is 6.04 Å². The third-order valence-corrected chi connectivity index (χ3v) is 2.55. The maximum Gasteiger partial charge on any atom is 0.183 e. The summed E-state index contributed by atoms with van der Waals surface area (Å²) in [5, 5.41) is 7.38. The number of hydrogen-bond donors (Lipinski definition) is 2. The van der Waals surface area contributed by atoms with E-state index in [1.165, 1.54) is 6.33 Å². The molecule has 1 aromatic heterocycles. The predicted octanol–water partition coefficient (Wildman–Crippen LogP) is 1.02. The summed E-state index contributed by atoms with van der Waals surface area (Å²) in [5.41, 5.74) is 5.82. The van der Waals surface area contributed by atoms with Crippen molar-refractivity contribution in [1.29, 1.82) is 0 Å². The van der Waals surface area contributed by atoms with Crippen LogP contribution >= 0.6 is 11.8 Å². The molecule has 1 unspecified atom stereocenters. The van der Waals surface area contributed by atoms with E-state index in [0.29, 0.717) is 0 Å². The van der Waals surface area contributed by atoms with Gasteiger partial charge in [-0.15, -0.1) is 0 Å². The summed E-state index contributed by atoms with van der Waals surface area (Å²) >= 11 is 1.62. The van der Waals surface area contributed by atoms with Gasteiger partial charge in [-0.05, 0) is 6.42 Å². The van der Waals surface area contributed by atoms with E-state index in [1.54, 1.807) is 11.8 Å². The molecule has 1 rings (SSSR count). The molecular formula is C7H14N4S. The molecule has 0 aliphatic carbocycles. The first-order valence-corrected chi connectivity index (χ1v) is 5.05. The summed E-state index contributed by atoms with van der Waals surface area (Å²) in [4.78, 5) is 3.99. The Morgan fingerprint density at radius 2 is 2.58 bits per heavy atom. The highest BCUT2D eigenvalue weighted by Crippen LogP contribution is 2.12. The molecule has 0 amide bonds. The number of nitrogens with zero attached hydrogens (tertiary/aromatic N) is 2. The topological polar surface area (TPSA) is 67.6 Å². The average molecular weight is 186 g/mol. The first-order chi connectivity index (χ1) is 5.83. The number of aromatic nitrogens is 3. The molecule has 12 heavy (non-hydrogen) atoms. The average Bonchev–Trinajstić information content (AvgIpc) is 2.53. The molecule has 5 heteroatoms. The van der Waals surface area contributed by atoms with Crippen LogP contribution in [0.25, 0.3) is 0 Å². The molecule has 0 saturated carbocycles. The van der Waals surface area contributed by atoms with Crippen LogP contribution in [-0.4, -0.2) is 27.0 Å². The van der Waals surface area contributed by atoms with Crippen molar-refractivity contribution >= 4 is 11.8 Å². The SMILES string of the molecule is CCCC(N)CSc1ncn[nH]1. The monoisotopic (exact) mass is 186 g/mol. The smallest absolute Gasteiger partial charge is 0.183 e. The van der Waals surface area contributed by atoms with Crippen molar-refractivity contribution in [2.24, 2.45) is 5.73 Å². The lowest BCUT2D eigenvalue weighted by Gasteiger charge is -2.06. The molecule has 0 spiro atoms. The van der Waals surface area contributed by atoms with Crippen molar-refractivity contribution in [3.8, 4) is 0 Å². The third-order valence-electron chi connectivity index (χ3n) is 1.49. The predicted molar refractivity (Wildman–Crippen MR) is 50.0 cm³/mol. The summed E-state index contributed by atoms with van der Waals surface area (Å²) in [6, 6.07) is 0.269. The number of H-pyrrole nitrogens is 1. The Labute approximate surface area is 76.3 Å². The van der Waals surface area contributed by atoms with Gasteiger partial charge in [-0.25, -0.2) is 4.98 Å². The van der Waals surface area contributed by atoms with Gasteiger partial charge in [0.05, 0.1) is 0 Å². The van der Waals surface area contributed by atoms with E-state index in [0.717, 1.165) is 23.8 Å². The van der Waals surface area contributed by atoms with Gasteiger partial charge in [-0.2, -0.15) is 5.10 Å². The van der Waals surface area contributed by atoms with Crippen LogP contribution in [-0.2, 0) is 0 Å². The lowest BCUT2D eigenvalue weighted by Crippen LogP contribution is -2.22. The zero-order valence-corrected chi connectivity index (χ0v) is 7.97. The summed E-state index contributed by atoms with van der Waals surface area (Å²) in [5.74, 6) is 0.906. The minimum Gasteiger partial charge on any atom is -0.327 e. The Hall–Kier alpha value is -0.550. The highest BCUT2D eigenvalue weighted by Gasteiger charge is 2.03. The Balaban J connectivity index is 2.17. The fourth-order valence-electron chi connectivity index (χ4n) is 0.904. The lowest BCUT2D eigenvalue weighted by atomic mass is 10.2. The van der Waals surface area contributed by atoms with Gasteiger partial charge in [-0.3, -0.25) is 5.10 Å². The summed E-state index contributed by atoms with van der Waals surface area (Å²) in [6.07, 6.45) is 3.72. The number of nitrogens with one attached hydrogen (secondary N) is 1. The second-order valence-electron chi connectivity index (χ2n) is 2.65. The van der Waals surface area contributed by atoms with Crippen LogP contribution in [0, 0.1) is 0 Å². The molecule has 0 aromatic carbocycles. The molecule has 0 fully saturated rings. The van der Waals surface area contributed by atoms with E-state index in [2.05, 4.69) is 22.1 Å². The standard InChI is InChI=1S/C7H14N4S/c1-2-3-6(8)4-12-7-9-5-10-11-7/h5-6H,2-4,8H2,1H3,(H,9,10,11). The van der Waals surface area contributed by atoms with E-state index < -0.39 is 0 Å². The number of rotatable bonds is 5.